The molecule has 1 saturated heterocycles. The zero-order chi connectivity index (χ0) is 19.3. The van der Waals surface area contributed by atoms with E-state index in [9.17, 15) is 21.6 Å². The minimum absolute atomic E-state index is 0.121. The van der Waals surface area contributed by atoms with Crippen LogP contribution in [0.15, 0.2) is 12.1 Å². The van der Waals surface area contributed by atoms with Crippen molar-refractivity contribution in [2.75, 3.05) is 13.1 Å². The summed E-state index contributed by atoms with van der Waals surface area (Å²) in [6.07, 6.45) is -3.23. The number of aryl methyl sites for hydroxylation is 1. The monoisotopic (exact) mass is 390 g/mol. The summed E-state index contributed by atoms with van der Waals surface area (Å²) in [5.41, 5.74) is -0.0638. The van der Waals surface area contributed by atoms with E-state index in [4.69, 9.17) is 0 Å². The van der Waals surface area contributed by atoms with Crippen molar-refractivity contribution in [3.05, 3.63) is 29.2 Å². The molecule has 2 aromatic heterocycles. The van der Waals surface area contributed by atoms with Gasteiger partial charge in [-0.15, -0.1) is 0 Å². The number of hydrogen-bond donors (Lipinski definition) is 0. The number of fused-ring (bicyclic) bond motifs is 1. The zero-order valence-corrected chi connectivity index (χ0v) is 15.6. The molecular weight excluding hydrogens is 369 g/mol. The van der Waals surface area contributed by atoms with Gasteiger partial charge in [-0.25, -0.2) is 22.2 Å². The van der Waals surface area contributed by atoms with Gasteiger partial charge in [0, 0.05) is 30.8 Å². The van der Waals surface area contributed by atoms with Gasteiger partial charge in [-0.1, -0.05) is 0 Å². The largest absolute Gasteiger partial charge is 0.433 e. The number of sulfonamides is 1. The fourth-order valence-corrected chi connectivity index (χ4v) is 4.60. The maximum Gasteiger partial charge on any atom is 0.433 e. The van der Waals surface area contributed by atoms with Gasteiger partial charge in [0.25, 0.3) is 0 Å². The van der Waals surface area contributed by atoms with Crippen molar-refractivity contribution < 1.29 is 21.6 Å². The van der Waals surface area contributed by atoms with Crippen LogP contribution in [0.4, 0.5) is 13.2 Å². The molecule has 6 nitrogen and oxygen atoms in total. The normalized spacial score (nSPS) is 20.2. The molecule has 26 heavy (non-hydrogen) atoms. The molecule has 3 heterocycles. The number of nitrogens with zero attached hydrogens (tertiary/aromatic N) is 4. The first kappa shape index (κ1) is 19.1. The molecular formula is C16H21F3N4O2S. The number of alkyl halides is 3. The van der Waals surface area contributed by atoms with Crippen molar-refractivity contribution in [2.45, 2.75) is 51.0 Å². The first-order valence-electron chi connectivity index (χ1n) is 8.43. The molecule has 10 heteroatoms. The van der Waals surface area contributed by atoms with Crippen LogP contribution in [0.5, 0.6) is 0 Å². The lowest BCUT2D eigenvalue weighted by atomic mass is 9.96. The van der Waals surface area contributed by atoms with E-state index in [2.05, 4.69) is 10.1 Å². The number of halogens is 3. The first-order valence-corrected chi connectivity index (χ1v) is 9.94. The Labute approximate surface area is 150 Å². The Balaban J connectivity index is 1.98. The molecule has 0 saturated carbocycles. The Morgan fingerprint density at radius 1 is 1.27 bits per heavy atom. The van der Waals surface area contributed by atoms with E-state index in [0.29, 0.717) is 25.1 Å². The Hall–Kier alpha value is -1.68. The van der Waals surface area contributed by atoms with E-state index in [0.717, 1.165) is 10.6 Å². The highest BCUT2D eigenvalue weighted by atomic mass is 32.2. The van der Waals surface area contributed by atoms with Gasteiger partial charge in [0.15, 0.2) is 5.65 Å². The molecule has 3 rings (SSSR count). The third-order valence-electron chi connectivity index (χ3n) is 4.62. The van der Waals surface area contributed by atoms with Crippen LogP contribution in [0.1, 0.15) is 49.7 Å². The molecule has 1 fully saturated rings. The van der Waals surface area contributed by atoms with Crippen LogP contribution in [-0.2, 0) is 16.2 Å². The van der Waals surface area contributed by atoms with E-state index in [1.54, 1.807) is 13.8 Å². The lowest BCUT2D eigenvalue weighted by molar-refractivity contribution is -0.142. The van der Waals surface area contributed by atoms with Gasteiger partial charge in [0.05, 0.1) is 10.9 Å². The van der Waals surface area contributed by atoms with Gasteiger partial charge in [-0.3, -0.25) is 0 Å². The molecule has 144 valence electrons. The third kappa shape index (κ3) is 3.44. The predicted octanol–water partition coefficient (Wildman–Crippen LogP) is 2.97. The van der Waals surface area contributed by atoms with Gasteiger partial charge >= 0.3 is 6.18 Å². The minimum atomic E-state index is -4.55. The molecule has 0 aromatic carbocycles. The highest BCUT2D eigenvalue weighted by Crippen LogP contribution is 2.33. The first-order chi connectivity index (χ1) is 12.0. The second kappa shape index (κ2) is 6.49. The standard InChI is InChI=1S/C16H21F3N4O2S/c1-10(2)26(24,25)22-6-4-5-12(9-22)13-8-15-20-11(3)7-14(16(17,18)19)23(15)21-13/h7-8,10,12H,4-6,9H2,1-3H3/t12-/m1/s1. The summed E-state index contributed by atoms with van der Waals surface area (Å²) in [5, 5.41) is 3.58. The molecule has 0 bridgehead atoms. The van der Waals surface area contributed by atoms with Gasteiger partial charge in [-0.2, -0.15) is 18.3 Å². The summed E-state index contributed by atoms with van der Waals surface area (Å²) in [5.74, 6) is -0.250. The number of aromatic nitrogens is 3. The maximum atomic E-state index is 13.3. The van der Waals surface area contributed by atoms with Crippen molar-refractivity contribution in [1.82, 2.24) is 18.9 Å². The zero-order valence-electron chi connectivity index (χ0n) is 14.8. The molecule has 0 N–H and O–H groups in total. The van der Waals surface area contributed by atoms with E-state index < -0.39 is 27.1 Å². The van der Waals surface area contributed by atoms with E-state index in [-0.39, 0.29) is 23.8 Å². The summed E-state index contributed by atoms with van der Waals surface area (Å²) in [6.45, 7) is 5.39. The molecule has 1 aliphatic rings. The summed E-state index contributed by atoms with van der Waals surface area (Å²) < 4.78 is 66.9. The average molecular weight is 390 g/mol. The Morgan fingerprint density at radius 2 is 1.96 bits per heavy atom. The van der Waals surface area contributed by atoms with Crippen LogP contribution in [-0.4, -0.2) is 45.7 Å². The lowest BCUT2D eigenvalue weighted by Gasteiger charge is -2.32. The highest BCUT2D eigenvalue weighted by molar-refractivity contribution is 7.89. The summed E-state index contributed by atoms with van der Waals surface area (Å²) in [7, 11) is -3.41. The van der Waals surface area contributed by atoms with Crippen LogP contribution in [0.25, 0.3) is 5.65 Å². The molecule has 1 atom stereocenters. The average Bonchev–Trinajstić information content (AvgIpc) is 2.96. The van der Waals surface area contributed by atoms with E-state index in [1.807, 2.05) is 0 Å². The lowest BCUT2D eigenvalue weighted by Crippen LogP contribution is -2.42. The summed E-state index contributed by atoms with van der Waals surface area (Å²) in [4.78, 5) is 4.13. The highest BCUT2D eigenvalue weighted by Gasteiger charge is 2.36. The van der Waals surface area contributed by atoms with Crippen LogP contribution < -0.4 is 0 Å². The Kier molecular flexibility index (Phi) is 4.76. The maximum absolute atomic E-state index is 13.3. The van der Waals surface area contributed by atoms with Crippen LogP contribution >= 0.6 is 0 Å². The molecule has 0 amide bonds. The molecule has 2 aromatic rings. The van der Waals surface area contributed by atoms with Crippen molar-refractivity contribution in [1.29, 1.82) is 0 Å². The second-order valence-electron chi connectivity index (χ2n) is 6.91. The third-order valence-corrected chi connectivity index (χ3v) is 6.87. The van der Waals surface area contributed by atoms with E-state index in [1.165, 1.54) is 17.3 Å². The fourth-order valence-electron chi connectivity index (χ4n) is 3.23. The van der Waals surface area contributed by atoms with Gasteiger partial charge in [0.2, 0.25) is 10.0 Å². The van der Waals surface area contributed by atoms with Crippen molar-refractivity contribution in [3.8, 4) is 0 Å². The molecule has 0 radical (unpaired) electrons. The SMILES string of the molecule is Cc1cc(C(F)(F)F)n2nc([C@@H]3CCCN(S(=O)(=O)C(C)C)C3)cc2n1. The second-order valence-corrected chi connectivity index (χ2v) is 9.40. The van der Waals surface area contributed by atoms with Crippen molar-refractivity contribution >= 4 is 15.7 Å². The molecule has 0 unspecified atom stereocenters. The predicted molar refractivity (Wildman–Crippen MR) is 90.3 cm³/mol. The van der Waals surface area contributed by atoms with Gasteiger partial charge < -0.3 is 0 Å². The van der Waals surface area contributed by atoms with Crippen LogP contribution in [0.2, 0.25) is 0 Å². The molecule has 0 spiro atoms. The van der Waals surface area contributed by atoms with Crippen LogP contribution in [0.3, 0.4) is 0 Å². The fraction of sp³-hybridized carbons (Fsp3) is 0.625. The van der Waals surface area contributed by atoms with Crippen molar-refractivity contribution in [2.24, 2.45) is 0 Å². The van der Waals surface area contributed by atoms with Crippen molar-refractivity contribution in [3.63, 3.8) is 0 Å². The molecule has 1 aliphatic heterocycles. The van der Waals surface area contributed by atoms with Gasteiger partial charge in [-0.05, 0) is 39.7 Å². The summed E-state index contributed by atoms with van der Waals surface area (Å²) >= 11 is 0. The quantitative estimate of drug-likeness (QED) is 0.808. The topological polar surface area (TPSA) is 67.6 Å². The molecule has 0 aliphatic carbocycles. The number of piperidine rings is 1. The number of rotatable bonds is 3. The summed E-state index contributed by atoms with van der Waals surface area (Å²) in [6, 6.07) is 2.48. The minimum Gasteiger partial charge on any atom is -0.234 e. The smallest absolute Gasteiger partial charge is 0.234 e. The van der Waals surface area contributed by atoms with Crippen LogP contribution in [0, 0.1) is 6.92 Å². The Bertz CT molecular complexity index is 921. The Morgan fingerprint density at radius 3 is 2.58 bits per heavy atom. The van der Waals surface area contributed by atoms with E-state index >= 15 is 0 Å². The number of hydrogen-bond acceptors (Lipinski definition) is 4. The van der Waals surface area contributed by atoms with Gasteiger partial charge in [0.1, 0.15) is 5.69 Å².